The summed E-state index contributed by atoms with van der Waals surface area (Å²) >= 11 is 3.55. The topological polar surface area (TPSA) is 45.2 Å². The molecule has 0 radical (unpaired) electrons. The van der Waals surface area contributed by atoms with E-state index in [4.69, 9.17) is 0 Å². The van der Waals surface area contributed by atoms with Crippen molar-refractivity contribution in [2.75, 3.05) is 5.32 Å². The highest BCUT2D eigenvalue weighted by Crippen LogP contribution is 2.20. The molecule has 0 unspecified atom stereocenters. The molecule has 0 fully saturated rings. The van der Waals surface area contributed by atoms with E-state index in [-0.39, 0.29) is 6.61 Å². The average molecular weight is 307 g/mol. The van der Waals surface area contributed by atoms with Gasteiger partial charge >= 0.3 is 0 Å². The fourth-order valence-electron chi connectivity index (χ4n) is 1.71. The van der Waals surface area contributed by atoms with Crippen LogP contribution in [-0.2, 0) is 13.2 Å². The van der Waals surface area contributed by atoms with Crippen LogP contribution in [0.5, 0.6) is 0 Å². The van der Waals surface area contributed by atoms with E-state index in [9.17, 15) is 5.11 Å². The molecule has 2 N–H and O–H groups in total. The van der Waals surface area contributed by atoms with Crippen molar-refractivity contribution in [1.82, 2.24) is 4.98 Å². The molecule has 18 heavy (non-hydrogen) atoms. The molecule has 0 spiro atoms. The molecule has 0 bridgehead atoms. The Morgan fingerprint density at radius 1 is 1.28 bits per heavy atom. The lowest BCUT2D eigenvalue weighted by Crippen LogP contribution is -2.03. The molecule has 4 heteroatoms. The molecule has 0 saturated carbocycles. The minimum Gasteiger partial charge on any atom is -0.392 e. The highest BCUT2D eigenvalue weighted by Gasteiger charge is 2.03. The van der Waals surface area contributed by atoms with Gasteiger partial charge in [-0.05, 0) is 30.2 Å². The van der Waals surface area contributed by atoms with Gasteiger partial charge in [0.1, 0.15) is 0 Å². The number of anilines is 1. The SMILES string of the molecule is Cc1ccc(CNc2cnccc2CO)c(Br)c1. The van der Waals surface area contributed by atoms with Gasteiger partial charge in [-0.3, -0.25) is 4.98 Å². The number of halogens is 1. The van der Waals surface area contributed by atoms with Gasteiger partial charge in [0.2, 0.25) is 0 Å². The van der Waals surface area contributed by atoms with Crippen molar-refractivity contribution in [1.29, 1.82) is 0 Å². The Bertz CT molecular complexity index is 543. The first-order chi connectivity index (χ1) is 8.70. The molecule has 0 saturated heterocycles. The maximum absolute atomic E-state index is 9.23. The number of hydrogen-bond acceptors (Lipinski definition) is 3. The van der Waals surface area contributed by atoms with E-state index in [1.54, 1.807) is 12.4 Å². The van der Waals surface area contributed by atoms with E-state index in [2.05, 4.69) is 51.4 Å². The number of rotatable bonds is 4. The lowest BCUT2D eigenvalue weighted by atomic mass is 10.1. The molecule has 0 aliphatic carbocycles. The van der Waals surface area contributed by atoms with Gasteiger partial charge in [-0.25, -0.2) is 0 Å². The van der Waals surface area contributed by atoms with Gasteiger partial charge in [0.15, 0.2) is 0 Å². The fourth-order valence-corrected chi connectivity index (χ4v) is 2.34. The zero-order valence-corrected chi connectivity index (χ0v) is 11.7. The summed E-state index contributed by atoms with van der Waals surface area (Å²) < 4.78 is 1.09. The van der Waals surface area contributed by atoms with Crippen LogP contribution in [0.3, 0.4) is 0 Å². The average Bonchev–Trinajstić information content (AvgIpc) is 2.38. The maximum atomic E-state index is 9.23. The lowest BCUT2D eigenvalue weighted by Gasteiger charge is -2.11. The molecule has 2 rings (SSSR count). The van der Waals surface area contributed by atoms with E-state index < -0.39 is 0 Å². The van der Waals surface area contributed by atoms with Gasteiger partial charge in [0.25, 0.3) is 0 Å². The van der Waals surface area contributed by atoms with Crippen LogP contribution in [0.25, 0.3) is 0 Å². The highest BCUT2D eigenvalue weighted by molar-refractivity contribution is 9.10. The second-order valence-corrected chi connectivity index (χ2v) is 4.99. The van der Waals surface area contributed by atoms with E-state index in [1.807, 2.05) is 6.07 Å². The zero-order chi connectivity index (χ0) is 13.0. The Morgan fingerprint density at radius 3 is 2.83 bits per heavy atom. The number of aromatic nitrogens is 1. The van der Waals surface area contributed by atoms with Gasteiger partial charge in [-0.1, -0.05) is 28.1 Å². The molecule has 0 aliphatic rings. The molecular weight excluding hydrogens is 292 g/mol. The van der Waals surface area contributed by atoms with Crippen LogP contribution >= 0.6 is 15.9 Å². The summed E-state index contributed by atoms with van der Waals surface area (Å²) in [6.07, 6.45) is 3.41. The van der Waals surface area contributed by atoms with Gasteiger partial charge in [0.05, 0.1) is 18.5 Å². The van der Waals surface area contributed by atoms with Crippen molar-refractivity contribution in [2.24, 2.45) is 0 Å². The number of benzene rings is 1. The Morgan fingerprint density at radius 2 is 2.11 bits per heavy atom. The molecule has 1 heterocycles. The second kappa shape index (κ2) is 5.98. The summed E-state index contributed by atoms with van der Waals surface area (Å²) in [5.41, 5.74) is 4.12. The largest absolute Gasteiger partial charge is 0.392 e. The number of pyridine rings is 1. The Hall–Kier alpha value is -1.39. The van der Waals surface area contributed by atoms with E-state index in [0.717, 1.165) is 15.7 Å². The van der Waals surface area contributed by atoms with Crippen LogP contribution in [0.15, 0.2) is 41.1 Å². The van der Waals surface area contributed by atoms with Crippen LogP contribution in [0, 0.1) is 6.92 Å². The molecule has 2 aromatic rings. The van der Waals surface area contributed by atoms with Crippen LogP contribution < -0.4 is 5.32 Å². The summed E-state index contributed by atoms with van der Waals surface area (Å²) in [5, 5.41) is 12.5. The van der Waals surface area contributed by atoms with Crippen molar-refractivity contribution in [3.8, 4) is 0 Å². The third kappa shape index (κ3) is 3.09. The minimum absolute atomic E-state index is 0.0138. The van der Waals surface area contributed by atoms with Crippen LogP contribution in [0.1, 0.15) is 16.7 Å². The number of aliphatic hydroxyl groups is 1. The van der Waals surface area contributed by atoms with Gasteiger partial charge in [-0.2, -0.15) is 0 Å². The van der Waals surface area contributed by atoms with Crippen LogP contribution in [0.4, 0.5) is 5.69 Å². The van der Waals surface area contributed by atoms with Crippen molar-refractivity contribution in [3.63, 3.8) is 0 Å². The molecule has 3 nitrogen and oxygen atoms in total. The Balaban J connectivity index is 2.11. The Kier molecular flexibility index (Phi) is 4.33. The van der Waals surface area contributed by atoms with Crippen molar-refractivity contribution in [3.05, 3.63) is 57.8 Å². The molecule has 0 aliphatic heterocycles. The minimum atomic E-state index is 0.0138. The summed E-state index contributed by atoms with van der Waals surface area (Å²) in [7, 11) is 0. The Labute approximate surface area is 115 Å². The second-order valence-electron chi connectivity index (χ2n) is 4.14. The molecule has 0 amide bonds. The summed E-state index contributed by atoms with van der Waals surface area (Å²) in [6, 6.07) is 8.07. The first kappa shape index (κ1) is 13.1. The smallest absolute Gasteiger partial charge is 0.0703 e. The highest BCUT2D eigenvalue weighted by atomic mass is 79.9. The molecular formula is C14H15BrN2O. The lowest BCUT2D eigenvalue weighted by molar-refractivity contribution is 0.282. The maximum Gasteiger partial charge on any atom is 0.0703 e. The van der Waals surface area contributed by atoms with E-state index in [0.29, 0.717) is 6.54 Å². The fraction of sp³-hybridized carbons (Fsp3) is 0.214. The van der Waals surface area contributed by atoms with E-state index in [1.165, 1.54) is 11.1 Å². The standard InChI is InChI=1S/C14H15BrN2O/c1-10-2-3-11(13(15)6-10)7-17-14-8-16-5-4-12(14)9-18/h2-6,8,17-18H,7,9H2,1H3. The number of nitrogens with one attached hydrogen (secondary N) is 1. The van der Waals surface area contributed by atoms with Crippen LogP contribution in [0.2, 0.25) is 0 Å². The predicted octanol–water partition coefficient (Wildman–Crippen LogP) is 3.26. The molecule has 1 aromatic carbocycles. The van der Waals surface area contributed by atoms with Crippen molar-refractivity contribution in [2.45, 2.75) is 20.1 Å². The summed E-state index contributed by atoms with van der Waals surface area (Å²) in [4.78, 5) is 4.06. The van der Waals surface area contributed by atoms with Crippen molar-refractivity contribution >= 4 is 21.6 Å². The van der Waals surface area contributed by atoms with Gasteiger partial charge in [0, 0.05) is 22.8 Å². The van der Waals surface area contributed by atoms with E-state index >= 15 is 0 Å². The molecule has 94 valence electrons. The number of hydrogen-bond donors (Lipinski definition) is 2. The first-order valence-electron chi connectivity index (χ1n) is 5.73. The monoisotopic (exact) mass is 306 g/mol. The summed E-state index contributed by atoms with van der Waals surface area (Å²) in [5.74, 6) is 0. The third-order valence-electron chi connectivity index (χ3n) is 2.76. The number of aliphatic hydroxyl groups excluding tert-OH is 1. The van der Waals surface area contributed by atoms with Gasteiger partial charge < -0.3 is 10.4 Å². The van der Waals surface area contributed by atoms with Crippen molar-refractivity contribution < 1.29 is 5.11 Å². The summed E-state index contributed by atoms with van der Waals surface area (Å²) in [6.45, 7) is 2.77. The van der Waals surface area contributed by atoms with Crippen LogP contribution in [-0.4, -0.2) is 10.1 Å². The number of nitrogens with zero attached hydrogens (tertiary/aromatic N) is 1. The van der Waals surface area contributed by atoms with Gasteiger partial charge in [-0.15, -0.1) is 0 Å². The molecule has 0 atom stereocenters. The quantitative estimate of drug-likeness (QED) is 0.911. The number of aryl methyl sites for hydroxylation is 1. The zero-order valence-electron chi connectivity index (χ0n) is 10.2. The predicted molar refractivity (Wildman–Crippen MR) is 76.4 cm³/mol. The third-order valence-corrected chi connectivity index (χ3v) is 3.50. The normalized spacial score (nSPS) is 10.4. The first-order valence-corrected chi connectivity index (χ1v) is 6.52. The molecule has 1 aromatic heterocycles.